The van der Waals surface area contributed by atoms with E-state index in [1.807, 2.05) is 31.2 Å². The van der Waals surface area contributed by atoms with Gasteiger partial charge in [-0.3, -0.25) is 4.98 Å². The first kappa shape index (κ1) is 13.2. The first-order valence-corrected chi connectivity index (χ1v) is 6.46. The smallest absolute Gasteiger partial charge is 0.247 e. The van der Waals surface area contributed by atoms with Gasteiger partial charge in [-0.15, -0.1) is 10.2 Å². The molecule has 0 bridgehead atoms. The molecule has 21 heavy (non-hydrogen) atoms. The molecule has 0 radical (unpaired) electrons. The Morgan fingerprint density at radius 1 is 1.24 bits per heavy atom. The molecule has 3 aromatic rings. The fourth-order valence-electron chi connectivity index (χ4n) is 2.04. The number of nitrogens with zero attached hydrogens (tertiary/aromatic N) is 3. The van der Waals surface area contributed by atoms with Crippen LogP contribution in [0, 0.1) is 5.82 Å². The molecule has 3 rings (SSSR count). The lowest BCUT2D eigenvalue weighted by atomic mass is 10.1. The minimum atomic E-state index is -0.347. The molecule has 1 N–H and O–H groups in total. The van der Waals surface area contributed by atoms with Gasteiger partial charge >= 0.3 is 0 Å². The van der Waals surface area contributed by atoms with Crippen LogP contribution in [0.5, 0.6) is 0 Å². The first-order valence-electron chi connectivity index (χ1n) is 6.46. The first-order chi connectivity index (χ1) is 10.2. The van der Waals surface area contributed by atoms with Gasteiger partial charge in [0.25, 0.3) is 0 Å². The maximum absolute atomic E-state index is 13.2. The lowest BCUT2D eigenvalue weighted by Crippen LogP contribution is -2.07. The van der Waals surface area contributed by atoms with Gasteiger partial charge in [0.1, 0.15) is 5.82 Å². The van der Waals surface area contributed by atoms with Gasteiger partial charge in [0, 0.05) is 17.4 Å². The van der Waals surface area contributed by atoms with Crippen molar-refractivity contribution in [2.45, 2.75) is 13.0 Å². The van der Waals surface area contributed by atoms with E-state index in [9.17, 15) is 4.39 Å². The van der Waals surface area contributed by atoms with Crippen molar-refractivity contribution in [3.63, 3.8) is 0 Å². The quantitative estimate of drug-likeness (QED) is 0.795. The van der Waals surface area contributed by atoms with E-state index >= 15 is 0 Å². The fraction of sp³-hybridized carbons (Fsp3) is 0.133. The Morgan fingerprint density at radius 2 is 2.14 bits per heavy atom. The number of rotatable bonds is 4. The predicted octanol–water partition coefficient (Wildman–Crippen LogP) is 3.44. The second-order valence-corrected chi connectivity index (χ2v) is 4.63. The van der Waals surface area contributed by atoms with Crippen LogP contribution in [0.3, 0.4) is 0 Å². The van der Waals surface area contributed by atoms with Crippen LogP contribution in [0.1, 0.15) is 18.5 Å². The monoisotopic (exact) mass is 284 g/mol. The molecule has 0 aliphatic heterocycles. The molecule has 2 heterocycles. The maximum Gasteiger partial charge on any atom is 0.247 e. The van der Waals surface area contributed by atoms with E-state index in [1.54, 1.807) is 6.20 Å². The Balaban J connectivity index is 1.80. The molecule has 0 fully saturated rings. The molecule has 0 aliphatic rings. The van der Waals surface area contributed by atoms with E-state index < -0.39 is 0 Å². The summed E-state index contributed by atoms with van der Waals surface area (Å²) in [5.74, 6) is 0.111. The van der Waals surface area contributed by atoms with Gasteiger partial charge in [-0.2, -0.15) is 0 Å². The Labute approximate surface area is 120 Å². The number of nitrogens with one attached hydrogen (secondary N) is 1. The third-order valence-corrected chi connectivity index (χ3v) is 3.08. The van der Waals surface area contributed by atoms with Crippen molar-refractivity contribution < 1.29 is 8.81 Å². The summed E-state index contributed by atoms with van der Waals surface area (Å²) < 4.78 is 18.4. The highest BCUT2D eigenvalue weighted by molar-refractivity contribution is 5.61. The summed E-state index contributed by atoms with van der Waals surface area (Å²) in [5.41, 5.74) is 2.47. The second-order valence-electron chi connectivity index (χ2n) is 4.63. The Bertz CT molecular complexity index is 730. The molecule has 0 amide bonds. The van der Waals surface area contributed by atoms with Gasteiger partial charge in [0.2, 0.25) is 12.3 Å². The molecule has 0 spiro atoms. The normalized spacial score (nSPS) is 12.1. The highest BCUT2D eigenvalue weighted by atomic mass is 19.1. The SMILES string of the molecule is CC(Nc1cccc(-c2nnco2)c1)c1cncc(F)c1. The van der Waals surface area contributed by atoms with Crippen LogP contribution >= 0.6 is 0 Å². The summed E-state index contributed by atoms with van der Waals surface area (Å²) in [6.07, 6.45) is 4.12. The minimum absolute atomic E-state index is 0.0777. The molecule has 1 atom stereocenters. The molecular weight excluding hydrogens is 271 g/mol. The predicted molar refractivity (Wildman–Crippen MR) is 76.0 cm³/mol. The van der Waals surface area contributed by atoms with Crippen molar-refractivity contribution in [3.05, 3.63) is 60.5 Å². The van der Waals surface area contributed by atoms with E-state index in [0.29, 0.717) is 5.89 Å². The average Bonchev–Trinajstić information content (AvgIpc) is 3.02. The average molecular weight is 284 g/mol. The minimum Gasteiger partial charge on any atom is -0.423 e. The molecule has 6 heteroatoms. The highest BCUT2D eigenvalue weighted by Gasteiger charge is 2.09. The lowest BCUT2D eigenvalue weighted by Gasteiger charge is -2.15. The third kappa shape index (κ3) is 3.05. The van der Waals surface area contributed by atoms with Crippen molar-refractivity contribution in [1.82, 2.24) is 15.2 Å². The summed E-state index contributed by atoms with van der Waals surface area (Å²) in [6, 6.07) is 8.98. The summed E-state index contributed by atoms with van der Waals surface area (Å²) >= 11 is 0. The molecule has 0 saturated carbocycles. The molecule has 106 valence electrons. The van der Waals surface area contributed by atoms with Crippen molar-refractivity contribution in [2.75, 3.05) is 5.32 Å². The number of benzene rings is 1. The fourth-order valence-corrected chi connectivity index (χ4v) is 2.04. The van der Waals surface area contributed by atoms with Crippen LogP contribution in [0.2, 0.25) is 0 Å². The van der Waals surface area contributed by atoms with Crippen LogP contribution in [-0.4, -0.2) is 15.2 Å². The molecule has 1 unspecified atom stereocenters. The summed E-state index contributed by atoms with van der Waals surface area (Å²) in [4.78, 5) is 3.86. The van der Waals surface area contributed by atoms with Crippen molar-refractivity contribution in [1.29, 1.82) is 0 Å². The Kier molecular flexibility index (Phi) is 3.59. The van der Waals surface area contributed by atoms with E-state index in [4.69, 9.17) is 4.42 Å². The molecule has 5 nitrogen and oxygen atoms in total. The van der Waals surface area contributed by atoms with E-state index in [-0.39, 0.29) is 11.9 Å². The van der Waals surface area contributed by atoms with Gasteiger partial charge in [0.05, 0.1) is 12.2 Å². The molecule has 1 aromatic carbocycles. The number of pyridine rings is 1. The topological polar surface area (TPSA) is 63.8 Å². The van der Waals surface area contributed by atoms with E-state index in [1.165, 1.54) is 18.7 Å². The molecule has 0 aliphatic carbocycles. The molecular formula is C15H13FN4O. The Morgan fingerprint density at radius 3 is 2.90 bits per heavy atom. The number of aromatic nitrogens is 3. The zero-order chi connectivity index (χ0) is 14.7. The van der Waals surface area contributed by atoms with E-state index in [0.717, 1.165) is 16.8 Å². The van der Waals surface area contributed by atoms with Gasteiger partial charge in [-0.1, -0.05) is 6.07 Å². The lowest BCUT2D eigenvalue weighted by molar-refractivity contribution is 0.568. The van der Waals surface area contributed by atoms with Crippen LogP contribution in [-0.2, 0) is 0 Å². The van der Waals surface area contributed by atoms with Crippen LogP contribution < -0.4 is 5.32 Å². The van der Waals surface area contributed by atoms with Crippen molar-refractivity contribution in [3.8, 4) is 11.5 Å². The van der Waals surface area contributed by atoms with Crippen molar-refractivity contribution >= 4 is 5.69 Å². The standard InChI is InChI=1S/C15H13FN4O/c1-10(12-5-13(16)8-17-7-12)19-14-4-2-3-11(6-14)15-20-18-9-21-15/h2-10,19H,1H3. The summed E-state index contributed by atoms with van der Waals surface area (Å²) in [7, 11) is 0. The second kappa shape index (κ2) is 5.70. The van der Waals surface area contributed by atoms with Gasteiger partial charge in [-0.25, -0.2) is 4.39 Å². The van der Waals surface area contributed by atoms with Gasteiger partial charge in [0.15, 0.2) is 0 Å². The van der Waals surface area contributed by atoms with Gasteiger partial charge < -0.3 is 9.73 Å². The largest absolute Gasteiger partial charge is 0.423 e. The number of hydrogen-bond donors (Lipinski definition) is 1. The molecule has 0 saturated heterocycles. The number of hydrogen-bond acceptors (Lipinski definition) is 5. The van der Waals surface area contributed by atoms with E-state index in [2.05, 4.69) is 20.5 Å². The zero-order valence-electron chi connectivity index (χ0n) is 11.3. The molecule has 2 aromatic heterocycles. The Hall–Kier alpha value is -2.76. The van der Waals surface area contributed by atoms with Crippen molar-refractivity contribution in [2.24, 2.45) is 0 Å². The van der Waals surface area contributed by atoms with Crippen LogP contribution in [0.4, 0.5) is 10.1 Å². The summed E-state index contributed by atoms with van der Waals surface area (Å²) in [6.45, 7) is 1.94. The number of anilines is 1. The zero-order valence-corrected chi connectivity index (χ0v) is 11.3. The van der Waals surface area contributed by atoms with Gasteiger partial charge in [-0.05, 0) is 36.8 Å². The summed E-state index contributed by atoms with van der Waals surface area (Å²) in [5, 5.41) is 10.8. The maximum atomic E-state index is 13.2. The third-order valence-electron chi connectivity index (χ3n) is 3.08. The van der Waals surface area contributed by atoms with Crippen LogP contribution in [0.15, 0.2) is 53.5 Å². The highest BCUT2D eigenvalue weighted by Crippen LogP contribution is 2.24. The van der Waals surface area contributed by atoms with Crippen LogP contribution in [0.25, 0.3) is 11.5 Å². The number of halogens is 1.